The highest BCUT2D eigenvalue weighted by molar-refractivity contribution is 6.06. The Morgan fingerprint density at radius 2 is 2.11 bits per heavy atom. The van der Waals surface area contributed by atoms with Crippen LogP contribution in [0.5, 0.6) is 0 Å². The van der Waals surface area contributed by atoms with Gasteiger partial charge < -0.3 is 16.4 Å². The van der Waals surface area contributed by atoms with Crippen molar-refractivity contribution in [3.8, 4) is 0 Å². The second-order valence-electron chi connectivity index (χ2n) is 6.86. The van der Waals surface area contributed by atoms with Gasteiger partial charge in [-0.3, -0.25) is 9.79 Å². The van der Waals surface area contributed by atoms with E-state index in [0.717, 1.165) is 24.0 Å². The molecule has 142 valence electrons. The minimum atomic E-state index is -0.495. The molecule has 0 saturated carbocycles. The number of nitrogens with zero attached hydrogens (tertiary/aromatic N) is 3. The van der Waals surface area contributed by atoms with E-state index in [-0.39, 0.29) is 12.0 Å². The number of nitrogens with two attached hydrogens (primary N) is 1. The molecule has 0 radical (unpaired) electrons. The predicted molar refractivity (Wildman–Crippen MR) is 111 cm³/mol. The van der Waals surface area contributed by atoms with Crippen LogP contribution in [0.25, 0.3) is 10.9 Å². The number of rotatable bonds is 5. The van der Waals surface area contributed by atoms with Gasteiger partial charge in [0.2, 0.25) is 0 Å². The highest BCUT2D eigenvalue weighted by Gasteiger charge is 2.29. The Labute approximate surface area is 163 Å². The molecule has 1 amide bonds. The molecule has 2 aromatic carbocycles. The number of carbonyl (C=O) groups is 1. The van der Waals surface area contributed by atoms with Gasteiger partial charge in [0.15, 0.2) is 0 Å². The zero-order valence-corrected chi connectivity index (χ0v) is 15.6. The number of carbonyl (C=O) groups excluding carboxylic acids is 1. The molecule has 7 nitrogen and oxygen atoms in total. The van der Waals surface area contributed by atoms with Crippen molar-refractivity contribution in [2.24, 2.45) is 10.7 Å². The van der Waals surface area contributed by atoms with E-state index in [1.165, 1.54) is 11.9 Å². The second-order valence-corrected chi connectivity index (χ2v) is 6.86. The van der Waals surface area contributed by atoms with Crippen LogP contribution in [0, 0.1) is 0 Å². The van der Waals surface area contributed by atoms with Gasteiger partial charge in [-0.25, -0.2) is 9.97 Å². The van der Waals surface area contributed by atoms with E-state index in [2.05, 4.69) is 43.8 Å². The van der Waals surface area contributed by atoms with Crippen molar-refractivity contribution >= 4 is 28.8 Å². The normalized spacial score (nSPS) is 19.3. The van der Waals surface area contributed by atoms with Crippen molar-refractivity contribution < 1.29 is 4.79 Å². The molecule has 1 saturated heterocycles. The lowest BCUT2D eigenvalue weighted by Crippen LogP contribution is -2.28. The molecule has 7 heteroatoms. The maximum Gasteiger partial charge on any atom is 0.250 e. The van der Waals surface area contributed by atoms with Gasteiger partial charge in [-0.05, 0) is 29.3 Å². The lowest BCUT2D eigenvalue weighted by atomic mass is 9.93. The number of nitrogens with one attached hydrogen (secondary N) is 2. The largest absolute Gasteiger partial charge is 0.366 e. The fourth-order valence-electron chi connectivity index (χ4n) is 3.78. The quantitative estimate of drug-likeness (QED) is 0.592. The summed E-state index contributed by atoms with van der Waals surface area (Å²) in [6, 6.07) is 14.0. The number of anilines is 1. The summed E-state index contributed by atoms with van der Waals surface area (Å²) < 4.78 is 0. The third-order valence-corrected chi connectivity index (χ3v) is 5.08. The maximum absolute atomic E-state index is 11.7. The zero-order chi connectivity index (χ0) is 19.5. The molecule has 0 aliphatic carbocycles. The Balaban J connectivity index is 1.66. The van der Waals surface area contributed by atoms with E-state index in [0.29, 0.717) is 16.9 Å². The molecule has 4 N–H and O–H groups in total. The summed E-state index contributed by atoms with van der Waals surface area (Å²) in [4.78, 5) is 24.5. The molecule has 0 bridgehead atoms. The average molecular weight is 374 g/mol. The van der Waals surface area contributed by atoms with E-state index in [9.17, 15) is 4.79 Å². The third kappa shape index (κ3) is 3.44. The molecule has 0 unspecified atom stereocenters. The van der Waals surface area contributed by atoms with Crippen LogP contribution in [-0.4, -0.2) is 48.3 Å². The van der Waals surface area contributed by atoms with Crippen LogP contribution < -0.4 is 16.4 Å². The summed E-state index contributed by atoms with van der Waals surface area (Å²) in [5, 5.41) is 7.80. The second kappa shape index (κ2) is 7.74. The number of benzene rings is 2. The maximum atomic E-state index is 11.7. The lowest BCUT2D eigenvalue weighted by Gasteiger charge is -2.22. The standard InChI is InChI=1S/C21H22N6O/c1-23-9-13-4-2-5-14(8-13)17-10-24-11-18(17)27-21-16-7-3-6-15(20(22)28)19(16)25-12-26-21/h2-9,12,17-18,24H,10-11H2,1H3,(H2,22,28)(H,25,26,27)/t17-,18+/m1/s1. The van der Waals surface area contributed by atoms with Gasteiger partial charge in [-0.15, -0.1) is 0 Å². The summed E-state index contributed by atoms with van der Waals surface area (Å²) in [6.45, 7) is 1.69. The number of hydrogen-bond donors (Lipinski definition) is 3. The minimum absolute atomic E-state index is 0.157. The van der Waals surface area contributed by atoms with Crippen molar-refractivity contribution in [2.75, 3.05) is 25.5 Å². The molecule has 1 aliphatic rings. The Hall–Kier alpha value is -3.32. The van der Waals surface area contributed by atoms with Gasteiger partial charge in [0.05, 0.1) is 11.1 Å². The average Bonchev–Trinajstić information content (AvgIpc) is 3.16. The van der Waals surface area contributed by atoms with Crippen LogP contribution in [0.15, 0.2) is 53.8 Å². The van der Waals surface area contributed by atoms with E-state index >= 15 is 0 Å². The highest BCUT2D eigenvalue weighted by atomic mass is 16.1. The fraction of sp³-hybridized carbons (Fsp3) is 0.238. The number of amides is 1. The van der Waals surface area contributed by atoms with E-state index < -0.39 is 5.91 Å². The van der Waals surface area contributed by atoms with Crippen molar-refractivity contribution in [1.29, 1.82) is 0 Å². The zero-order valence-electron chi connectivity index (χ0n) is 15.6. The Morgan fingerprint density at radius 3 is 2.93 bits per heavy atom. The van der Waals surface area contributed by atoms with Gasteiger partial charge in [0.1, 0.15) is 12.1 Å². The van der Waals surface area contributed by atoms with Crippen molar-refractivity contribution in [3.05, 3.63) is 65.5 Å². The number of para-hydroxylation sites is 1. The first kappa shape index (κ1) is 18.1. The first-order valence-corrected chi connectivity index (χ1v) is 9.20. The van der Waals surface area contributed by atoms with Crippen LogP contribution >= 0.6 is 0 Å². The minimum Gasteiger partial charge on any atom is -0.366 e. The molecule has 1 aliphatic heterocycles. The molecule has 4 rings (SSSR count). The number of aromatic nitrogens is 2. The molecule has 0 spiro atoms. The smallest absolute Gasteiger partial charge is 0.250 e. The molecular formula is C21H22N6O. The molecule has 28 heavy (non-hydrogen) atoms. The molecule has 3 aromatic rings. The number of aliphatic imine (C=N–C) groups is 1. The number of primary amides is 1. The van der Waals surface area contributed by atoms with Crippen LogP contribution in [-0.2, 0) is 0 Å². The summed E-state index contributed by atoms with van der Waals surface area (Å²) in [5.41, 5.74) is 8.79. The van der Waals surface area contributed by atoms with Gasteiger partial charge in [-0.1, -0.05) is 24.3 Å². The molecule has 1 fully saturated rings. The SMILES string of the molecule is CN=Cc1cccc([C@H]2CNC[C@@H]2Nc2ncnc3c(C(N)=O)cccc23)c1. The van der Waals surface area contributed by atoms with Crippen LogP contribution in [0.2, 0.25) is 0 Å². The van der Waals surface area contributed by atoms with Gasteiger partial charge in [-0.2, -0.15) is 0 Å². The first-order valence-electron chi connectivity index (χ1n) is 9.20. The third-order valence-electron chi connectivity index (χ3n) is 5.08. The van der Waals surface area contributed by atoms with Crippen molar-refractivity contribution in [2.45, 2.75) is 12.0 Å². The summed E-state index contributed by atoms with van der Waals surface area (Å²) in [6.07, 6.45) is 3.32. The fourth-order valence-corrected chi connectivity index (χ4v) is 3.78. The van der Waals surface area contributed by atoms with Gasteiger partial charge in [0.25, 0.3) is 5.91 Å². The summed E-state index contributed by atoms with van der Waals surface area (Å²) in [5.74, 6) is 0.498. The number of fused-ring (bicyclic) bond motifs is 1. The van der Waals surface area contributed by atoms with Crippen molar-refractivity contribution in [1.82, 2.24) is 15.3 Å². The molecule has 2 heterocycles. The molecule has 2 atom stereocenters. The number of hydrogen-bond acceptors (Lipinski definition) is 6. The Bertz CT molecular complexity index is 1050. The predicted octanol–water partition coefficient (Wildman–Crippen LogP) is 1.94. The highest BCUT2D eigenvalue weighted by Crippen LogP contribution is 2.28. The van der Waals surface area contributed by atoms with Crippen LogP contribution in [0.1, 0.15) is 27.4 Å². The van der Waals surface area contributed by atoms with Crippen molar-refractivity contribution in [3.63, 3.8) is 0 Å². The van der Waals surface area contributed by atoms with Gasteiger partial charge >= 0.3 is 0 Å². The van der Waals surface area contributed by atoms with E-state index in [1.54, 1.807) is 19.2 Å². The lowest BCUT2D eigenvalue weighted by molar-refractivity contribution is 0.100. The van der Waals surface area contributed by atoms with E-state index in [1.807, 2.05) is 18.3 Å². The Kier molecular flexibility index (Phi) is 4.99. The molecular weight excluding hydrogens is 352 g/mol. The summed E-state index contributed by atoms with van der Waals surface area (Å²) in [7, 11) is 1.77. The molecule has 1 aromatic heterocycles. The topological polar surface area (TPSA) is 105 Å². The monoisotopic (exact) mass is 374 g/mol. The van der Waals surface area contributed by atoms with Gasteiger partial charge in [0, 0.05) is 43.7 Å². The summed E-state index contributed by atoms with van der Waals surface area (Å²) >= 11 is 0. The van der Waals surface area contributed by atoms with Crippen LogP contribution in [0.4, 0.5) is 5.82 Å². The van der Waals surface area contributed by atoms with E-state index in [4.69, 9.17) is 5.73 Å². The first-order chi connectivity index (χ1) is 13.7. The Morgan fingerprint density at radius 1 is 1.25 bits per heavy atom. The van der Waals surface area contributed by atoms with Crippen LogP contribution in [0.3, 0.4) is 0 Å².